The van der Waals surface area contributed by atoms with Crippen LogP contribution in [0.3, 0.4) is 0 Å². The van der Waals surface area contributed by atoms with Crippen molar-refractivity contribution in [3.63, 3.8) is 0 Å². The largest absolute Gasteiger partial charge is 0.356 e. The van der Waals surface area contributed by atoms with Crippen molar-refractivity contribution in [2.45, 2.75) is 33.1 Å². The first-order valence-corrected chi connectivity index (χ1v) is 7.22. The van der Waals surface area contributed by atoms with Gasteiger partial charge in [0.25, 0.3) is 5.56 Å². The standard InChI is InChI=1S/C14H24N4O/c1-3-6-15-10-12-4-7-18(8-5-12)13-9-14(19)17-11(2)16-13/h9,12,15H,3-8,10H2,1-2H3,(H,16,17,19). The second kappa shape index (κ2) is 6.70. The van der Waals surface area contributed by atoms with Gasteiger partial charge in [-0.05, 0) is 45.2 Å². The highest BCUT2D eigenvalue weighted by Gasteiger charge is 2.20. The highest BCUT2D eigenvalue weighted by Crippen LogP contribution is 2.20. The monoisotopic (exact) mass is 264 g/mol. The first-order chi connectivity index (χ1) is 9.19. The molecule has 2 heterocycles. The van der Waals surface area contributed by atoms with Crippen LogP contribution < -0.4 is 15.8 Å². The third-order valence-electron chi connectivity index (χ3n) is 3.64. The number of anilines is 1. The molecule has 0 atom stereocenters. The van der Waals surface area contributed by atoms with Crippen molar-refractivity contribution in [1.82, 2.24) is 15.3 Å². The van der Waals surface area contributed by atoms with E-state index < -0.39 is 0 Å². The van der Waals surface area contributed by atoms with Gasteiger partial charge in [-0.1, -0.05) is 6.92 Å². The molecule has 1 aliphatic heterocycles. The van der Waals surface area contributed by atoms with Gasteiger partial charge in [-0.15, -0.1) is 0 Å². The van der Waals surface area contributed by atoms with Gasteiger partial charge in [0.15, 0.2) is 0 Å². The molecule has 5 heteroatoms. The Morgan fingerprint density at radius 3 is 2.84 bits per heavy atom. The summed E-state index contributed by atoms with van der Waals surface area (Å²) in [6.45, 7) is 8.23. The van der Waals surface area contributed by atoms with Gasteiger partial charge >= 0.3 is 0 Å². The summed E-state index contributed by atoms with van der Waals surface area (Å²) < 4.78 is 0. The van der Waals surface area contributed by atoms with Gasteiger partial charge in [0.05, 0.1) is 0 Å². The Kier molecular flexibility index (Phi) is 4.96. The van der Waals surface area contributed by atoms with Crippen LogP contribution >= 0.6 is 0 Å². The van der Waals surface area contributed by atoms with Crippen molar-refractivity contribution >= 4 is 5.82 Å². The van der Waals surface area contributed by atoms with E-state index in [-0.39, 0.29) is 5.56 Å². The van der Waals surface area contributed by atoms with E-state index in [2.05, 4.69) is 27.1 Å². The fraction of sp³-hybridized carbons (Fsp3) is 0.714. The Hall–Kier alpha value is -1.36. The van der Waals surface area contributed by atoms with E-state index in [4.69, 9.17) is 0 Å². The molecule has 0 amide bonds. The summed E-state index contributed by atoms with van der Waals surface area (Å²) in [6, 6.07) is 1.60. The molecule has 2 rings (SSSR count). The summed E-state index contributed by atoms with van der Waals surface area (Å²) in [5.41, 5.74) is -0.0609. The molecular formula is C14H24N4O. The number of hydrogen-bond acceptors (Lipinski definition) is 4. The predicted molar refractivity (Wildman–Crippen MR) is 77.7 cm³/mol. The molecular weight excluding hydrogens is 240 g/mol. The SMILES string of the molecule is CCCNCC1CCN(c2cc(=O)[nH]c(C)n2)CC1. The first kappa shape index (κ1) is 14.1. The summed E-state index contributed by atoms with van der Waals surface area (Å²) in [5.74, 6) is 2.27. The van der Waals surface area contributed by atoms with Gasteiger partial charge < -0.3 is 15.2 Å². The molecule has 1 aromatic rings. The third kappa shape index (κ3) is 4.06. The smallest absolute Gasteiger partial charge is 0.252 e. The molecule has 1 saturated heterocycles. The number of aryl methyl sites for hydroxylation is 1. The Morgan fingerprint density at radius 2 is 2.21 bits per heavy atom. The van der Waals surface area contributed by atoms with E-state index in [0.717, 1.165) is 37.9 Å². The Labute approximate surface area is 114 Å². The molecule has 0 bridgehead atoms. The van der Waals surface area contributed by atoms with Crippen LogP contribution in [-0.2, 0) is 0 Å². The Bertz CT molecular complexity index is 449. The van der Waals surface area contributed by atoms with Crippen molar-refractivity contribution in [1.29, 1.82) is 0 Å². The number of aromatic nitrogens is 2. The number of nitrogens with one attached hydrogen (secondary N) is 2. The van der Waals surface area contributed by atoms with Crippen LogP contribution in [0.1, 0.15) is 32.0 Å². The van der Waals surface area contributed by atoms with E-state index >= 15 is 0 Å². The number of rotatable bonds is 5. The van der Waals surface area contributed by atoms with E-state index in [1.807, 2.05) is 6.92 Å². The van der Waals surface area contributed by atoms with Gasteiger partial charge in [0.2, 0.25) is 0 Å². The lowest BCUT2D eigenvalue weighted by atomic mass is 9.97. The van der Waals surface area contributed by atoms with Crippen molar-refractivity contribution in [2.24, 2.45) is 5.92 Å². The second-order valence-corrected chi connectivity index (χ2v) is 5.32. The van der Waals surface area contributed by atoms with E-state index in [1.54, 1.807) is 6.07 Å². The van der Waals surface area contributed by atoms with E-state index in [9.17, 15) is 4.79 Å². The fourth-order valence-corrected chi connectivity index (χ4v) is 2.57. The lowest BCUT2D eigenvalue weighted by Gasteiger charge is -2.32. The normalized spacial score (nSPS) is 16.8. The van der Waals surface area contributed by atoms with Crippen LogP contribution in [0.15, 0.2) is 10.9 Å². The lowest BCUT2D eigenvalue weighted by molar-refractivity contribution is 0.382. The lowest BCUT2D eigenvalue weighted by Crippen LogP contribution is -2.38. The van der Waals surface area contributed by atoms with Crippen LogP contribution in [0.25, 0.3) is 0 Å². The van der Waals surface area contributed by atoms with Gasteiger partial charge in [0.1, 0.15) is 11.6 Å². The number of hydrogen-bond donors (Lipinski definition) is 2. The van der Waals surface area contributed by atoms with Crippen LogP contribution in [0.2, 0.25) is 0 Å². The average molecular weight is 264 g/mol. The third-order valence-corrected chi connectivity index (χ3v) is 3.64. The van der Waals surface area contributed by atoms with Gasteiger partial charge in [-0.2, -0.15) is 0 Å². The van der Waals surface area contributed by atoms with Crippen LogP contribution in [0, 0.1) is 12.8 Å². The summed E-state index contributed by atoms with van der Waals surface area (Å²) in [7, 11) is 0. The number of aromatic amines is 1. The molecule has 0 radical (unpaired) electrons. The van der Waals surface area contributed by atoms with Crippen molar-refractivity contribution in [2.75, 3.05) is 31.1 Å². The molecule has 0 aliphatic carbocycles. The second-order valence-electron chi connectivity index (χ2n) is 5.32. The van der Waals surface area contributed by atoms with Gasteiger partial charge in [0, 0.05) is 19.2 Å². The minimum absolute atomic E-state index is 0.0609. The summed E-state index contributed by atoms with van der Waals surface area (Å²) >= 11 is 0. The molecule has 1 aromatic heterocycles. The number of piperidine rings is 1. The highest BCUT2D eigenvalue weighted by molar-refractivity contribution is 5.37. The van der Waals surface area contributed by atoms with Crippen LogP contribution in [0.4, 0.5) is 5.82 Å². The zero-order valence-electron chi connectivity index (χ0n) is 11.9. The van der Waals surface area contributed by atoms with Crippen molar-refractivity contribution in [3.8, 4) is 0 Å². The molecule has 106 valence electrons. The molecule has 0 aromatic carbocycles. The van der Waals surface area contributed by atoms with Crippen molar-refractivity contribution in [3.05, 3.63) is 22.2 Å². The van der Waals surface area contributed by atoms with Gasteiger partial charge in [-0.3, -0.25) is 4.79 Å². The average Bonchev–Trinajstić information content (AvgIpc) is 2.39. The maximum atomic E-state index is 11.5. The minimum Gasteiger partial charge on any atom is -0.356 e. The number of nitrogens with zero attached hydrogens (tertiary/aromatic N) is 2. The number of H-pyrrole nitrogens is 1. The molecule has 0 saturated carbocycles. The van der Waals surface area contributed by atoms with E-state index in [0.29, 0.717) is 5.82 Å². The van der Waals surface area contributed by atoms with Gasteiger partial charge in [-0.25, -0.2) is 4.98 Å². The summed E-state index contributed by atoms with van der Waals surface area (Å²) in [4.78, 5) is 20.8. The zero-order valence-corrected chi connectivity index (χ0v) is 11.9. The quantitative estimate of drug-likeness (QED) is 0.787. The summed E-state index contributed by atoms with van der Waals surface area (Å²) in [5, 5.41) is 3.49. The van der Waals surface area contributed by atoms with Crippen molar-refractivity contribution < 1.29 is 0 Å². The van der Waals surface area contributed by atoms with E-state index in [1.165, 1.54) is 19.3 Å². The molecule has 2 N–H and O–H groups in total. The first-order valence-electron chi connectivity index (χ1n) is 7.22. The predicted octanol–water partition coefficient (Wildman–Crippen LogP) is 1.29. The molecule has 1 aliphatic rings. The molecule has 5 nitrogen and oxygen atoms in total. The zero-order chi connectivity index (χ0) is 13.7. The Balaban J connectivity index is 1.87. The fourth-order valence-electron chi connectivity index (χ4n) is 2.57. The Morgan fingerprint density at radius 1 is 1.47 bits per heavy atom. The molecule has 1 fully saturated rings. The maximum Gasteiger partial charge on any atom is 0.252 e. The van der Waals surface area contributed by atoms with Crippen LogP contribution in [-0.4, -0.2) is 36.1 Å². The molecule has 0 unspecified atom stereocenters. The minimum atomic E-state index is -0.0609. The maximum absolute atomic E-state index is 11.5. The molecule has 0 spiro atoms. The highest BCUT2D eigenvalue weighted by atomic mass is 16.1. The molecule has 19 heavy (non-hydrogen) atoms. The topological polar surface area (TPSA) is 61.0 Å². The summed E-state index contributed by atoms with van der Waals surface area (Å²) in [6.07, 6.45) is 3.53. The van der Waals surface area contributed by atoms with Crippen LogP contribution in [0.5, 0.6) is 0 Å².